The normalized spacial score (nSPS) is 12.7. The highest BCUT2D eigenvalue weighted by molar-refractivity contribution is 7.17. The van der Waals surface area contributed by atoms with Crippen LogP contribution >= 0.6 is 11.3 Å². The second-order valence-corrected chi connectivity index (χ2v) is 5.42. The minimum Gasteiger partial charge on any atom is -0.313 e. The molecule has 3 nitrogen and oxygen atoms in total. The molecule has 19 heavy (non-hydrogen) atoms. The average Bonchev–Trinajstić information content (AvgIpc) is 2.93. The molecule has 0 aromatic carbocycles. The minimum atomic E-state index is 0.279. The van der Waals surface area contributed by atoms with Crippen molar-refractivity contribution in [1.29, 1.82) is 0 Å². The fraction of sp³-hybridized carbons (Fsp3) is 0.200. The molecule has 0 spiro atoms. The van der Waals surface area contributed by atoms with E-state index in [1.807, 2.05) is 25.6 Å². The van der Waals surface area contributed by atoms with Gasteiger partial charge in [-0.15, -0.1) is 11.3 Å². The van der Waals surface area contributed by atoms with Crippen molar-refractivity contribution in [2.45, 2.75) is 12.5 Å². The predicted molar refractivity (Wildman–Crippen MR) is 79.4 cm³/mol. The van der Waals surface area contributed by atoms with E-state index in [0.717, 1.165) is 11.9 Å². The largest absolute Gasteiger partial charge is 0.313 e. The van der Waals surface area contributed by atoms with E-state index in [2.05, 4.69) is 44.9 Å². The molecule has 0 aliphatic rings. The van der Waals surface area contributed by atoms with Crippen LogP contribution < -0.4 is 5.32 Å². The second-order valence-electron chi connectivity index (χ2n) is 4.47. The number of fused-ring (bicyclic) bond motifs is 1. The zero-order chi connectivity index (χ0) is 13.1. The van der Waals surface area contributed by atoms with Gasteiger partial charge in [-0.25, -0.2) is 0 Å². The molecule has 3 heterocycles. The SMILES string of the molecule is CNC(Cc1ccncc1)c1cnc2ccsc2c1. The van der Waals surface area contributed by atoms with Gasteiger partial charge < -0.3 is 5.32 Å². The molecule has 0 aliphatic carbocycles. The van der Waals surface area contributed by atoms with Gasteiger partial charge in [0.2, 0.25) is 0 Å². The molecule has 0 fully saturated rings. The van der Waals surface area contributed by atoms with Crippen molar-refractivity contribution >= 4 is 21.6 Å². The zero-order valence-corrected chi connectivity index (χ0v) is 11.5. The first-order chi connectivity index (χ1) is 9.36. The maximum atomic E-state index is 4.51. The van der Waals surface area contributed by atoms with Gasteiger partial charge in [-0.3, -0.25) is 9.97 Å². The highest BCUT2D eigenvalue weighted by Gasteiger charge is 2.11. The number of likely N-dealkylation sites (N-methyl/N-ethyl adjacent to an activating group) is 1. The Hall–Kier alpha value is -1.78. The van der Waals surface area contributed by atoms with E-state index in [1.165, 1.54) is 15.8 Å². The van der Waals surface area contributed by atoms with Crippen LogP contribution in [0.25, 0.3) is 10.2 Å². The summed E-state index contributed by atoms with van der Waals surface area (Å²) in [5, 5.41) is 5.45. The number of rotatable bonds is 4. The van der Waals surface area contributed by atoms with Crippen LogP contribution in [0, 0.1) is 0 Å². The van der Waals surface area contributed by atoms with Crippen LogP contribution in [0.15, 0.2) is 48.2 Å². The molecule has 0 saturated carbocycles. The van der Waals surface area contributed by atoms with Crippen LogP contribution in [-0.2, 0) is 6.42 Å². The lowest BCUT2D eigenvalue weighted by atomic mass is 10.0. The molecule has 0 amide bonds. The number of hydrogen-bond acceptors (Lipinski definition) is 4. The van der Waals surface area contributed by atoms with Crippen LogP contribution in [0.1, 0.15) is 17.2 Å². The first-order valence-electron chi connectivity index (χ1n) is 6.26. The molecule has 0 radical (unpaired) electrons. The van der Waals surface area contributed by atoms with Crippen molar-refractivity contribution in [2.75, 3.05) is 7.05 Å². The van der Waals surface area contributed by atoms with Crippen LogP contribution in [0.2, 0.25) is 0 Å². The summed E-state index contributed by atoms with van der Waals surface area (Å²) in [6.07, 6.45) is 6.58. The fourth-order valence-electron chi connectivity index (χ4n) is 2.19. The molecule has 0 saturated heterocycles. The molecule has 3 rings (SSSR count). The van der Waals surface area contributed by atoms with Gasteiger partial charge in [0.1, 0.15) is 0 Å². The number of aromatic nitrogens is 2. The van der Waals surface area contributed by atoms with Crippen LogP contribution in [0.4, 0.5) is 0 Å². The summed E-state index contributed by atoms with van der Waals surface area (Å²) in [7, 11) is 1.99. The lowest BCUT2D eigenvalue weighted by Crippen LogP contribution is -2.19. The Balaban J connectivity index is 1.88. The Morgan fingerprint density at radius 2 is 2.11 bits per heavy atom. The van der Waals surface area contributed by atoms with Crippen molar-refractivity contribution in [3.63, 3.8) is 0 Å². The first kappa shape index (κ1) is 12.3. The Bertz CT molecular complexity index is 663. The van der Waals surface area contributed by atoms with Gasteiger partial charge in [0.05, 0.1) is 10.2 Å². The predicted octanol–water partition coefficient (Wildman–Crippen LogP) is 3.19. The van der Waals surface area contributed by atoms with Crippen LogP contribution in [0.5, 0.6) is 0 Å². The molecule has 0 aliphatic heterocycles. The van der Waals surface area contributed by atoms with Gasteiger partial charge >= 0.3 is 0 Å². The van der Waals surface area contributed by atoms with Gasteiger partial charge in [0.15, 0.2) is 0 Å². The smallest absolute Gasteiger partial charge is 0.0809 e. The Morgan fingerprint density at radius 3 is 2.89 bits per heavy atom. The third-order valence-corrected chi connectivity index (χ3v) is 4.12. The fourth-order valence-corrected chi connectivity index (χ4v) is 2.98. The second kappa shape index (κ2) is 5.47. The Morgan fingerprint density at radius 1 is 1.26 bits per heavy atom. The number of nitrogens with zero attached hydrogens (tertiary/aromatic N) is 2. The van der Waals surface area contributed by atoms with E-state index >= 15 is 0 Å². The van der Waals surface area contributed by atoms with Gasteiger partial charge in [-0.2, -0.15) is 0 Å². The zero-order valence-electron chi connectivity index (χ0n) is 10.7. The topological polar surface area (TPSA) is 37.8 Å². The maximum Gasteiger partial charge on any atom is 0.0809 e. The summed E-state index contributed by atoms with van der Waals surface area (Å²) < 4.78 is 1.24. The van der Waals surface area contributed by atoms with Gasteiger partial charge in [-0.05, 0) is 54.2 Å². The van der Waals surface area contributed by atoms with Crippen LogP contribution in [-0.4, -0.2) is 17.0 Å². The van der Waals surface area contributed by atoms with Gasteiger partial charge in [0.25, 0.3) is 0 Å². The highest BCUT2D eigenvalue weighted by atomic mass is 32.1. The van der Waals surface area contributed by atoms with Crippen molar-refractivity contribution in [3.8, 4) is 0 Å². The van der Waals surface area contributed by atoms with E-state index in [1.54, 1.807) is 11.3 Å². The number of hydrogen-bond donors (Lipinski definition) is 1. The molecule has 4 heteroatoms. The number of nitrogens with one attached hydrogen (secondary N) is 1. The molecule has 96 valence electrons. The number of pyridine rings is 2. The molecular formula is C15H15N3S. The molecule has 3 aromatic heterocycles. The highest BCUT2D eigenvalue weighted by Crippen LogP contribution is 2.24. The van der Waals surface area contributed by atoms with Crippen molar-refractivity contribution in [3.05, 3.63) is 59.4 Å². The Kier molecular flexibility index (Phi) is 3.53. The summed E-state index contributed by atoms with van der Waals surface area (Å²) in [6, 6.07) is 8.68. The lowest BCUT2D eigenvalue weighted by molar-refractivity contribution is 0.591. The van der Waals surface area contributed by atoms with E-state index in [-0.39, 0.29) is 6.04 Å². The first-order valence-corrected chi connectivity index (χ1v) is 7.14. The number of thiophene rings is 1. The van der Waals surface area contributed by atoms with E-state index in [4.69, 9.17) is 0 Å². The van der Waals surface area contributed by atoms with E-state index in [0.29, 0.717) is 0 Å². The van der Waals surface area contributed by atoms with Gasteiger partial charge in [0, 0.05) is 24.6 Å². The molecule has 3 aromatic rings. The summed E-state index contributed by atoms with van der Waals surface area (Å²) >= 11 is 1.74. The lowest BCUT2D eigenvalue weighted by Gasteiger charge is -2.16. The Labute approximate surface area is 116 Å². The molecular weight excluding hydrogens is 254 g/mol. The minimum absolute atomic E-state index is 0.279. The van der Waals surface area contributed by atoms with Crippen LogP contribution in [0.3, 0.4) is 0 Å². The molecule has 0 bridgehead atoms. The van der Waals surface area contributed by atoms with Crippen molar-refractivity contribution < 1.29 is 0 Å². The summed E-state index contributed by atoms with van der Waals surface area (Å²) in [5.41, 5.74) is 3.59. The molecule has 1 unspecified atom stereocenters. The van der Waals surface area contributed by atoms with E-state index < -0.39 is 0 Å². The summed E-state index contributed by atoms with van der Waals surface area (Å²) in [5.74, 6) is 0. The van der Waals surface area contributed by atoms with Crippen molar-refractivity contribution in [1.82, 2.24) is 15.3 Å². The molecule has 1 atom stereocenters. The third-order valence-electron chi connectivity index (χ3n) is 3.26. The third kappa shape index (κ3) is 2.64. The average molecular weight is 269 g/mol. The summed E-state index contributed by atoms with van der Waals surface area (Å²) in [4.78, 5) is 8.56. The van der Waals surface area contributed by atoms with Crippen molar-refractivity contribution in [2.24, 2.45) is 0 Å². The monoisotopic (exact) mass is 269 g/mol. The molecule has 1 N–H and O–H groups in total. The standard InChI is InChI=1S/C15H15N3S/c1-16-14(8-11-2-5-17-6-3-11)12-9-15-13(18-10-12)4-7-19-15/h2-7,9-10,14,16H,8H2,1H3. The summed E-state index contributed by atoms with van der Waals surface area (Å²) in [6.45, 7) is 0. The van der Waals surface area contributed by atoms with E-state index in [9.17, 15) is 0 Å². The maximum absolute atomic E-state index is 4.51. The quantitative estimate of drug-likeness (QED) is 0.790. The van der Waals surface area contributed by atoms with Gasteiger partial charge in [-0.1, -0.05) is 0 Å².